The maximum absolute atomic E-state index is 10.7. The summed E-state index contributed by atoms with van der Waals surface area (Å²) >= 11 is 7.86. The van der Waals surface area contributed by atoms with Crippen molar-refractivity contribution in [3.05, 3.63) is 59.6 Å². The van der Waals surface area contributed by atoms with Gasteiger partial charge in [-0.1, -0.05) is 65.8 Å². The number of hydrogen-bond donors (Lipinski definition) is 1. The van der Waals surface area contributed by atoms with E-state index in [4.69, 9.17) is 26.5 Å². The van der Waals surface area contributed by atoms with E-state index in [9.17, 15) is 10.1 Å². The molecule has 1 N–H and O–H groups in total. The lowest BCUT2D eigenvalue weighted by atomic mass is 9.82. The molecular formula is C27H28ClN3O3S. The lowest BCUT2D eigenvalue weighted by Crippen LogP contribution is -2.23. The van der Waals surface area contributed by atoms with Crippen molar-refractivity contribution in [2.45, 2.75) is 37.3 Å². The minimum absolute atomic E-state index is 0.235. The summed E-state index contributed by atoms with van der Waals surface area (Å²) < 4.78 is 7.39. The summed E-state index contributed by atoms with van der Waals surface area (Å²) in [5.41, 5.74) is 3.92. The van der Waals surface area contributed by atoms with E-state index in [1.54, 1.807) is 0 Å². The highest BCUT2D eigenvalue weighted by molar-refractivity contribution is 7.99. The third kappa shape index (κ3) is 6.66. The number of benzene rings is 2. The Labute approximate surface area is 214 Å². The third-order valence-corrected chi connectivity index (χ3v) is 7.51. The molecule has 0 bridgehead atoms. The molecule has 0 atom stereocenters. The number of aliphatic carboxylic acids is 1. The van der Waals surface area contributed by atoms with E-state index in [0.717, 1.165) is 59.6 Å². The lowest BCUT2D eigenvalue weighted by Gasteiger charge is -2.28. The van der Waals surface area contributed by atoms with Crippen LogP contribution < -0.4 is 0 Å². The summed E-state index contributed by atoms with van der Waals surface area (Å²) in [4.78, 5) is 10.7. The second-order valence-electron chi connectivity index (χ2n) is 8.83. The van der Waals surface area contributed by atoms with Gasteiger partial charge in [0.25, 0.3) is 0 Å². The van der Waals surface area contributed by atoms with Gasteiger partial charge < -0.3 is 9.84 Å². The summed E-state index contributed by atoms with van der Waals surface area (Å²) in [6.45, 7) is 1.04. The molecule has 1 heterocycles. The molecule has 1 aliphatic rings. The van der Waals surface area contributed by atoms with Gasteiger partial charge in [0.1, 0.15) is 17.3 Å². The molecule has 3 aromatic rings. The molecule has 0 saturated heterocycles. The predicted molar refractivity (Wildman–Crippen MR) is 138 cm³/mol. The molecule has 1 aliphatic carbocycles. The highest BCUT2D eigenvalue weighted by Crippen LogP contribution is 2.41. The van der Waals surface area contributed by atoms with Gasteiger partial charge in [-0.3, -0.25) is 4.68 Å². The van der Waals surface area contributed by atoms with Crippen LogP contribution in [0.15, 0.2) is 59.6 Å². The molecule has 0 spiro atoms. The van der Waals surface area contributed by atoms with Crippen LogP contribution in [0.3, 0.4) is 0 Å². The molecule has 0 aliphatic heterocycles. The summed E-state index contributed by atoms with van der Waals surface area (Å²) in [5, 5.41) is 24.8. The van der Waals surface area contributed by atoms with Crippen molar-refractivity contribution < 1.29 is 14.6 Å². The van der Waals surface area contributed by atoms with E-state index in [1.165, 1.54) is 11.8 Å². The van der Waals surface area contributed by atoms with Gasteiger partial charge in [-0.2, -0.15) is 10.4 Å². The molecule has 1 fully saturated rings. The molecule has 4 rings (SSSR count). The van der Waals surface area contributed by atoms with Crippen molar-refractivity contribution >= 4 is 29.3 Å². The van der Waals surface area contributed by atoms with Crippen molar-refractivity contribution in [2.24, 2.45) is 11.8 Å². The standard InChI is InChI=1S/C27H28ClN3O3S/c28-23-8-4-7-22(15-23)25-26(21-5-2-1-3-6-21)30-31(27(25)35-14-13-29)16-19-9-11-20(12-10-19)17-34-18-24(32)33/h1-8,15,19-20H,9-12,14,16-18H2,(H,32,33)/t19-,20+. The number of nitriles is 1. The lowest BCUT2D eigenvalue weighted by molar-refractivity contribution is -0.142. The zero-order valence-electron chi connectivity index (χ0n) is 19.4. The van der Waals surface area contributed by atoms with Gasteiger partial charge in [0.15, 0.2) is 0 Å². The van der Waals surface area contributed by atoms with E-state index in [1.807, 2.05) is 42.5 Å². The number of ether oxygens (including phenoxy) is 1. The summed E-state index contributed by atoms with van der Waals surface area (Å²) in [6, 6.07) is 20.2. The first-order valence-corrected chi connectivity index (χ1v) is 13.1. The van der Waals surface area contributed by atoms with Crippen molar-refractivity contribution in [1.82, 2.24) is 9.78 Å². The first-order chi connectivity index (χ1) is 17.0. The van der Waals surface area contributed by atoms with Gasteiger partial charge >= 0.3 is 5.97 Å². The molecule has 1 aromatic heterocycles. The highest BCUT2D eigenvalue weighted by atomic mass is 35.5. The number of aromatic nitrogens is 2. The second kappa shape index (κ2) is 12.3. The number of thioether (sulfide) groups is 1. The Morgan fingerprint density at radius 3 is 2.51 bits per heavy atom. The quantitative estimate of drug-likeness (QED) is 0.318. The molecular weight excluding hydrogens is 482 g/mol. The minimum atomic E-state index is -0.926. The van der Waals surface area contributed by atoms with Crippen LogP contribution in [0.2, 0.25) is 5.02 Å². The zero-order valence-corrected chi connectivity index (χ0v) is 21.0. The van der Waals surface area contributed by atoms with Crippen LogP contribution in [0.1, 0.15) is 25.7 Å². The van der Waals surface area contributed by atoms with Crippen LogP contribution in [0.25, 0.3) is 22.4 Å². The van der Waals surface area contributed by atoms with Crippen LogP contribution in [-0.4, -0.2) is 39.8 Å². The molecule has 1 saturated carbocycles. The van der Waals surface area contributed by atoms with Gasteiger partial charge in [-0.05, 0) is 55.2 Å². The van der Waals surface area contributed by atoms with Crippen LogP contribution in [-0.2, 0) is 16.1 Å². The maximum Gasteiger partial charge on any atom is 0.329 e. The maximum atomic E-state index is 10.7. The fourth-order valence-corrected chi connectivity index (χ4v) is 5.67. The molecule has 182 valence electrons. The van der Waals surface area contributed by atoms with Crippen LogP contribution in [0.4, 0.5) is 0 Å². The summed E-state index contributed by atoms with van der Waals surface area (Å²) in [5.74, 6) is 0.270. The van der Waals surface area contributed by atoms with E-state index in [2.05, 4.69) is 22.9 Å². The average Bonchev–Trinajstić information content (AvgIpc) is 3.22. The number of halogens is 1. The highest BCUT2D eigenvalue weighted by Gasteiger charge is 2.26. The van der Waals surface area contributed by atoms with Gasteiger partial charge in [0, 0.05) is 22.7 Å². The van der Waals surface area contributed by atoms with Crippen LogP contribution >= 0.6 is 23.4 Å². The molecule has 2 aromatic carbocycles. The zero-order chi connectivity index (χ0) is 24.6. The third-order valence-electron chi connectivity index (χ3n) is 6.32. The Hall–Kier alpha value is -2.79. The van der Waals surface area contributed by atoms with E-state index < -0.39 is 5.97 Å². The minimum Gasteiger partial charge on any atom is -0.480 e. The number of nitrogens with zero attached hydrogens (tertiary/aromatic N) is 3. The Morgan fingerprint density at radius 2 is 1.83 bits per heavy atom. The average molecular weight is 510 g/mol. The molecule has 8 heteroatoms. The van der Waals surface area contributed by atoms with Crippen molar-refractivity contribution in [2.75, 3.05) is 19.0 Å². The molecule has 35 heavy (non-hydrogen) atoms. The number of rotatable bonds is 10. The first-order valence-electron chi connectivity index (χ1n) is 11.8. The Morgan fingerprint density at radius 1 is 1.11 bits per heavy atom. The Balaban J connectivity index is 1.61. The molecule has 6 nitrogen and oxygen atoms in total. The van der Waals surface area contributed by atoms with Gasteiger partial charge in [0.05, 0.1) is 18.4 Å². The normalized spacial score (nSPS) is 17.7. The van der Waals surface area contributed by atoms with Crippen molar-refractivity contribution in [3.63, 3.8) is 0 Å². The number of carboxylic acids is 1. The molecule has 0 amide bonds. The van der Waals surface area contributed by atoms with Crippen LogP contribution in [0.5, 0.6) is 0 Å². The van der Waals surface area contributed by atoms with E-state index >= 15 is 0 Å². The molecule has 0 radical (unpaired) electrons. The summed E-state index contributed by atoms with van der Waals surface area (Å²) in [6.07, 6.45) is 4.10. The van der Waals surface area contributed by atoms with Gasteiger partial charge in [-0.15, -0.1) is 0 Å². The number of carbonyl (C=O) groups is 1. The Kier molecular flexibility index (Phi) is 8.86. The SMILES string of the molecule is N#CCSc1c(-c2cccc(Cl)c2)c(-c2ccccc2)nn1C[C@H]1CC[C@@H](COCC(=O)O)CC1. The largest absolute Gasteiger partial charge is 0.480 e. The van der Waals surface area contributed by atoms with E-state index in [-0.39, 0.29) is 6.61 Å². The van der Waals surface area contributed by atoms with Crippen LogP contribution in [0, 0.1) is 23.2 Å². The van der Waals surface area contributed by atoms with Gasteiger partial charge in [-0.25, -0.2) is 4.79 Å². The summed E-state index contributed by atoms with van der Waals surface area (Å²) in [7, 11) is 0. The predicted octanol–water partition coefficient (Wildman–Crippen LogP) is 6.39. The van der Waals surface area contributed by atoms with Crippen molar-refractivity contribution in [1.29, 1.82) is 5.26 Å². The fourth-order valence-electron chi connectivity index (χ4n) is 4.66. The Bertz CT molecular complexity index is 1180. The second-order valence-corrected chi connectivity index (χ2v) is 10.2. The number of carboxylic acid groups (broad SMARTS) is 1. The smallest absolute Gasteiger partial charge is 0.329 e. The number of hydrogen-bond acceptors (Lipinski definition) is 5. The fraction of sp³-hybridized carbons (Fsp3) is 0.370. The van der Waals surface area contributed by atoms with E-state index in [0.29, 0.717) is 29.2 Å². The monoisotopic (exact) mass is 509 g/mol. The van der Waals surface area contributed by atoms with Gasteiger partial charge in [0.2, 0.25) is 0 Å². The first kappa shape index (κ1) is 25.3. The molecule has 0 unspecified atom stereocenters. The van der Waals surface area contributed by atoms with Crippen molar-refractivity contribution in [3.8, 4) is 28.5 Å². The topological polar surface area (TPSA) is 88.1 Å².